The standard InChI is InChI=1S/C15H26O/c1-5-15-11-7-6-8-12(15)9-10-13(15)16-14(2,3)4/h6,8,12-13H,5,7,9-11H2,1-4H3/t12-,13+,15+/m1/s1. The molecule has 16 heavy (non-hydrogen) atoms. The molecule has 0 aromatic rings. The highest BCUT2D eigenvalue weighted by Crippen LogP contribution is 2.54. The zero-order valence-corrected chi connectivity index (χ0v) is 11.3. The fourth-order valence-electron chi connectivity index (χ4n) is 3.66. The third kappa shape index (κ3) is 2.07. The van der Waals surface area contributed by atoms with Crippen LogP contribution in [-0.4, -0.2) is 11.7 Å². The highest BCUT2D eigenvalue weighted by Gasteiger charge is 2.49. The van der Waals surface area contributed by atoms with Crippen LogP contribution in [0.5, 0.6) is 0 Å². The lowest BCUT2D eigenvalue weighted by molar-refractivity contribution is -0.115. The van der Waals surface area contributed by atoms with Gasteiger partial charge in [-0.25, -0.2) is 0 Å². The highest BCUT2D eigenvalue weighted by atomic mass is 16.5. The lowest BCUT2D eigenvalue weighted by Gasteiger charge is -2.43. The van der Waals surface area contributed by atoms with Crippen molar-refractivity contribution in [1.29, 1.82) is 0 Å². The van der Waals surface area contributed by atoms with Crippen LogP contribution in [0.2, 0.25) is 0 Å². The van der Waals surface area contributed by atoms with E-state index in [1.54, 1.807) is 0 Å². The van der Waals surface area contributed by atoms with Crippen LogP contribution in [0.3, 0.4) is 0 Å². The molecule has 0 spiro atoms. The second kappa shape index (κ2) is 4.18. The van der Waals surface area contributed by atoms with E-state index >= 15 is 0 Å². The SMILES string of the molecule is CC[C@]12CCC=C[C@@H]1CC[C@@H]2OC(C)(C)C. The molecule has 0 unspecified atom stereocenters. The molecule has 0 saturated heterocycles. The van der Waals surface area contributed by atoms with Gasteiger partial charge in [0.2, 0.25) is 0 Å². The van der Waals surface area contributed by atoms with Crippen LogP contribution in [-0.2, 0) is 4.74 Å². The van der Waals surface area contributed by atoms with Gasteiger partial charge in [-0.05, 0) is 58.8 Å². The summed E-state index contributed by atoms with van der Waals surface area (Å²) in [5.41, 5.74) is 0.449. The average molecular weight is 222 g/mol. The monoisotopic (exact) mass is 222 g/mol. The molecule has 0 amide bonds. The van der Waals surface area contributed by atoms with Gasteiger partial charge in [-0.2, -0.15) is 0 Å². The first-order valence-corrected chi connectivity index (χ1v) is 6.82. The van der Waals surface area contributed by atoms with E-state index < -0.39 is 0 Å². The van der Waals surface area contributed by atoms with Crippen molar-refractivity contribution in [2.45, 2.75) is 71.5 Å². The van der Waals surface area contributed by atoms with Gasteiger partial charge in [-0.3, -0.25) is 0 Å². The Bertz CT molecular complexity index is 274. The molecule has 2 aliphatic carbocycles. The van der Waals surface area contributed by atoms with Crippen LogP contribution in [0.15, 0.2) is 12.2 Å². The summed E-state index contributed by atoms with van der Waals surface area (Å²) in [6.07, 6.45) is 11.7. The second-order valence-corrected chi connectivity index (χ2v) is 6.46. The maximum absolute atomic E-state index is 6.33. The molecular formula is C15H26O. The smallest absolute Gasteiger partial charge is 0.0644 e. The van der Waals surface area contributed by atoms with Gasteiger partial charge in [0.1, 0.15) is 0 Å². The number of fused-ring (bicyclic) bond motifs is 1. The van der Waals surface area contributed by atoms with Gasteiger partial charge in [0, 0.05) is 5.41 Å². The normalized spacial score (nSPS) is 38.8. The number of ether oxygens (including phenoxy) is 1. The molecule has 0 aromatic carbocycles. The Hall–Kier alpha value is -0.300. The van der Waals surface area contributed by atoms with Gasteiger partial charge in [0.05, 0.1) is 11.7 Å². The summed E-state index contributed by atoms with van der Waals surface area (Å²) in [7, 11) is 0. The molecule has 1 nitrogen and oxygen atoms in total. The van der Waals surface area contributed by atoms with Crippen LogP contribution in [0.4, 0.5) is 0 Å². The van der Waals surface area contributed by atoms with E-state index in [4.69, 9.17) is 4.74 Å². The molecule has 0 bridgehead atoms. The molecule has 92 valence electrons. The van der Waals surface area contributed by atoms with Crippen molar-refractivity contribution in [3.63, 3.8) is 0 Å². The van der Waals surface area contributed by atoms with Gasteiger partial charge < -0.3 is 4.74 Å². The van der Waals surface area contributed by atoms with Crippen molar-refractivity contribution in [3.8, 4) is 0 Å². The predicted octanol–water partition coefficient (Wildman–Crippen LogP) is 4.33. The summed E-state index contributed by atoms with van der Waals surface area (Å²) in [6.45, 7) is 8.89. The molecule has 0 heterocycles. The number of hydrogen-bond acceptors (Lipinski definition) is 1. The summed E-state index contributed by atoms with van der Waals surface area (Å²) in [5, 5.41) is 0. The molecule has 1 heteroatoms. The van der Waals surface area contributed by atoms with Crippen molar-refractivity contribution in [2.24, 2.45) is 11.3 Å². The van der Waals surface area contributed by atoms with Gasteiger partial charge in [0.25, 0.3) is 0 Å². The van der Waals surface area contributed by atoms with Crippen LogP contribution in [0.1, 0.15) is 59.8 Å². The number of hydrogen-bond donors (Lipinski definition) is 0. The van der Waals surface area contributed by atoms with Crippen molar-refractivity contribution in [2.75, 3.05) is 0 Å². The lowest BCUT2D eigenvalue weighted by atomic mass is 9.68. The van der Waals surface area contributed by atoms with Gasteiger partial charge in [-0.1, -0.05) is 19.1 Å². The Morgan fingerprint density at radius 1 is 1.31 bits per heavy atom. The van der Waals surface area contributed by atoms with Gasteiger partial charge in [-0.15, -0.1) is 0 Å². The molecule has 1 saturated carbocycles. The fraction of sp³-hybridized carbons (Fsp3) is 0.867. The molecule has 3 atom stereocenters. The minimum atomic E-state index is 0.00287. The Morgan fingerprint density at radius 2 is 2.06 bits per heavy atom. The van der Waals surface area contributed by atoms with E-state index in [9.17, 15) is 0 Å². The highest BCUT2D eigenvalue weighted by molar-refractivity contribution is 5.11. The van der Waals surface area contributed by atoms with Crippen LogP contribution in [0, 0.1) is 11.3 Å². The van der Waals surface area contributed by atoms with Crippen molar-refractivity contribution >= 4 is 0 Å². The van der Waals surface area contributed by atoms with Gasteiger partial charge in [0.15, 0.2) is 0 Å². The first-order valence-electron chi connectivity index (χ1n) is 6.82. The number of rotatable bonds is 2. The molecule has 2 rings (SSSR count). The Morgan fingerprint density at radius 3 is 2.69 bits per heavy atom. The van der Waals surface area contributed by atoms with Crippen LogP contribution in [0.25, 0.3) is 0 Å². The minimum Gasteiger partial charge on any atom is -0.372 e. The van der Waals surface area contributed by atoms with Crippen LogP contribution >= 0.6 is 0 Å². The zero-order valence-electron chi connectivity index (χ0n) is 11.3. The van der Waals surface area contributed by atoms with E-state index in [-0.39, 0.29) is 5.60 Å². The summed E-state index contributed by atoms with van der Waals surface area (Å²) < 4.78 is 6.33. The Kier molecular flexibility index (Phi) is 3.18. The average Bonchev–Trinajstić information content (AvgIpc) is 2.56. The minimum absolute atomic E-state index is 0.00287. The van der Waals surface area contributed by atoms with Crippen molar-refractivity contribution in [3.05, 3.63) is 12.2 Å². The zero-order chi connectivity index (χ0) is 11.8. The molecule has 1 fully saturated rings. The van der Waals surface area contributed by atoms with E-state index in [0.29, 0.717) is 11.5 Å². The summed E-state index contributed by atoms with van der Waals surface area (Å²) in [5.74, 6) is 0.776. The lowest BCUT2D eigenvalue weighted by Crippen LogP contribution is -2.41. The topological polar surface area (TPSA) is 9.23 Å². The molecule has 0 radical (unpaired) electrons. The third-order valence-electron chi connectivity index (χ3n) is 4.42. The quantitative estimate of drug-likeness (QED) is 0.632. The number of allylic oxidation sites excluding steroid dienone is 2. The molecule has 2 aliphatic rings. The van der Waals surface area contributed by atoms with E-state index in [2.05, 4.69) is 39.8 Å². The molecule has 0 N–H and O–H groups in total. The first-order chi connectivity index (χ1) is 7.48. The maximum Gasteiger partial charge on any atom is 0.0644 e. The van der Waals surface area contributed by atoms with E-state index in [0.717, 1.165) is 5.92 Å². The summed E-state index contributed by atoms with van der Waals surface area (Å²) in [6, 6.07) is 0. The molecule has 0 aliphatic heterocycles. The summed E-state index contributed by atoms with van der Waals surface area (Å²) >= 11 is 0. The Balaban J connectivity index is 2.18. The van der Waals surface area contributed by atoms with Crippen LogP contribution < -0.4 is 0 Å². The van der Waals surface area contributed by atoms with Crippen molar-refractivity contribution < 1.29 is 4.74 Å². The maximum atomic E-state index is 6.33. The predicted molar refractivity (Wildman–Crippen MR) is 68.4 cm³/mol. The fourth-order valence-corrected chi connectivity index (χ4v) is 3.66. The molecular weight excluding hydrogens is 196 g/mol. The summed E-state index contributed by atoms with van der Waals surface area (Å²) in [4.78, 5) is 0. The van der Waals surface area contributed by atoms with E-state index in [1.165, 1.54) is 32.1 Å². The van der Waals surface area contributed by atoms with E-state index in [1.807, 2.05) is 0 Å². The third-order valence-corrected chi connectivity index (χ3v) is 4.42. The largest absolute Gasteiger partial charge is 0.372 e. The first kappa shape index (κ1) is 12.2. The molecule has 0 aromatic heterocycles. The van der Waals surface area contributed by atoms with Crippen molar-refractivity contribution in [1.82, 2.24) is 0 Å². The second-order valence-electron chi connectivity index (χ2n) is 6.46. The Labute approximate surface area is 100 Å². The van der Waals surface area contributed by atoms with Gasteiger partial charge >= 0.3 is 0 Å².